The van der Waals surface area contributed by atoms with Crippen molar-refractivity contribution < 1.29 is 19.2 Å². The number of aryl methyl sites for hydroxylation is 1. The number of hydrogen-bond donors (Lipinski definition) is 5. The third-order valence-electron chi connectivity index (χ3n) is 11.3. The quantitative estimate of drug-likeness (QED) is 0.0828. The third-order valence-corrected chi connectivity index (χ3v) is 12.7. The Labute approximate surface area is 331 Å². The smallest absolute Gasteiger partial charge is 0.315 e. The van der Waals surface area contributed by atoms with Crippen LogP contribution in [0.4, 0.5) is 10.7 Å². The van der Waals surface area contributed by atoms with Gasteiger partial charge in [0.25, 0.3) is 5.91 Å². The number of fused-ring (bicyclic) bond motifs is 1. The minimum absolute atomic E-state index is 0.187. The van der Waals surface area contributed by atoms with Gasteiger partial charge in [0.15, 0.2) is 0 Å². The van der Waals surface area contributed by atoms with Crippen molar-refractivity contribution in [3.8, 4) is 11.3 Å². The van der Waals surface area contributed by atoms with Crippen molar-refractivity contribution in [3.05, 3.63) is 44.5 Å². The molecule has 16 heteroatoms. The Morgan fingerprint density at radius 3 is 2.44 bits per heavy atom. The van der Waals surface area contributed by atoms with Gasteiger partial charge in [-0.1, -0.05) is 37.3 Å². The van der Waals surface area contributed by atoms with Crippen molar-refractivity contribution in [2.75, 3.05) is 18.4 Å². The summed E-state index contributed by atoms with van der Waals surface area (Å²) in [6.45, 7) is 2.36. The molecule has 5 heterocycles. The highest BCUT2D eigenvalue weighted by Gasteiger charge is 2.40. The number of urea groups is 1. The van der Waals surface area contributed by atoms with Crippen molar-refractivity contribution in [1.82, 2.24) is 45.9 Å². The van der Waals surface area contributed by atoms with Gasteiger partial charge in [0.2, 0.25) is 17.8 Å². The normalized spacial score (nSPS) is 21.1. The fourth-order valence-electron chi connectivity index (χ4n) is 7.93. The summed E-state index contributed by atoms with van der Waals surface area (Å²) >= 11 is 7.92. The van der Waals surface area contributed by atoms with Gasteiger partial charge in [-0.3, -0.25) is 24.4 Å². The van der Waals surface area contributed by atoms with Crippen LogP contribution in [-0.2, 0) is 36.1 Å². The highest BCUT2D eigenvalue weighted by Crippen LogP contribution is 2.37. The molecule has 7 rings (SSSR count). The molecule has 0 bridgehead atoms. The topological polar surface area (TPSA) is 175 Å². The van der Waals surface area contributed by atoms with Crippen LogP contribution in [0.25, 0.3) is 11.3 Å². The van der Waals surface area contributed by atoms with E-state index in [0.717, 1.165) is 85.5 Å². The van der Waals surface area contributed by atoms with E-state index >= 15 is 0 Å². The largest absolute Gasteiger partial charge is 0.351 e. The van der Waals surface area contributed by atoms with Gasteiger partial charge in [-0.25, -0.2) is 14.8 Å². The van der Waals surface area contributed by atoms with Gasteiger partial charge >= 0.3 is 6.03 Å². The van der Waals surface area contributed by atoms with Crippen LogP contribution >= 0.6 is 22.9 Å². The molecule has 2 saturated carbocycles. The van der Waals surface area contributed by atoms with E-state index in [2.05, 4.69) is 36.7 Å². The summed E-state index contributed by atoms with van der Waals surface area (Å²) in [5, 5.41) is 20.5. The second-order valence-electron chi connectivity index (χ2n) is 15.5. The molecule has 3 aromatic rings. The predicted molar refractivity (Wildman–Crippen MR) is 212 cm³/mol. The minimum Gasteiger partial charge on any atom is -0.351 e. The predicted octanol–water partition coefficient (Wildman–Crippen LogP) is 5.46. The molecule has 296 valence electrons. The third kappa shape index (κ3) is 10.2. The maximum absolute atomic E-state index is 12.9. The van der Waals surface area contributed by atoms with Crippen molar-refractivity contribution in [2.45, 2.75) is 128 Å². The van der Waals surface area contributed by atoms with Crippen LogP contribution in [-0.4, -0.2) is 79.6 Å². The number of thiophene rings is 1. The van der Waals surface area contributed by atoms with Crippen LogP contribution in [0, 0.1) is 5.92 Å². The lowest BCUT2D eigenvalue weighted by Crippen LogP contribution is -2.52. The number of aromatic nitrogens is 4. The van der Waals surface area contributed by atoms with E-state index < -0.39 is 11.9 Å². The van der Waals surface area contributed by atoms with Gasteiger partial charge in [-0.05, 0) is 88.3 Å². The second-order valence-corrected chi connectivity index (χ2v) is 17.1. The Morgan fingerprint density at radius 2 is 1.69 bits per heavy atom. The molecule has 4 aliphatic rings. The lowest BCUT2D eigenvalue weighted by molar-refractivity contribution is -0.136. The Kier molecular flexibility index (Phi) is 13.0. The molecule has 0 radical (unpaired) electrons. The lowest BCUT2D eigenvalue weighted by Gasteiger charge is -2.30. The molecule has 5 N–H and O–H groups in total. The first-order valence-corrected chi connectivity index (χ1v) is 21.2. The van der Waals surface area contributed by atoms with Crippen molar-refractivity contribution in [1.29, 1.82) is 0 Å². The van der Waals surface area contributed by atoms with E-state index in [-0.39, 0.29) is 24.3 Å². The van der Waals surface area contributed by atoms with E-state index in [1.165, 1.54) is 49.1 Å². The minimum atomic E-state index is -0.615. The maximum atomic E-state index is 12.9. The molecule has 1 atom stereocenters. The van der Waals surface area contributed by atoms with Gasteiger partial charge < -0.3 is 26.2 Å². The number of nitrogens with one attached hydrogen (secondary N) is 5. The average Bonchev–Trinajstić information content (AvgIpc) is 3.69. The van der Waals surface area contributed by atoms with Gasteiger partial charge in [-0.2, -0.15) is 5.10 Å². The van der Waals surface area contributed by atoms with E-state index in [0.29, 0.717) is 54.0 Å². The summed E-state index contributed by atoms with van der Waals surface area (Å²) in [5.41, 5.74) is 3.83. The second kappa shape index (κ2) is 18.2. The van der Waals surface area contributed by atoms with Gasteiger partial charge in [0.1, 0.15) is 6.04 Å². The first-order chi connectivity index (χ1) is 26.7. The summed E-state index contributed by atoms with van der Waals surface area (Å²) in [4.78, 5) is 61.3. The van der Waals surface area contributed by atoms with Gasteiger partial charge in [0.05, 0.1) is 34.5 Å². The monoisotopic (exact) mass is 792 g/mol. The zero-order valence-corrected chi connectivity index (χ0v) is 33.2. The number of hydrogen-bond acceptors (Lipinski definition) is 10. The lowest BCUT2D eigenvalue weighted by atomic mass is 9.91. The molecule has 1 unspecified atom stereocenters. The summed E-state index contributed by atoms with van der Waals surface area (Å²) in [5.74, 6) is 0.482. The fourth-order valence-corrected chi connectivity index (χ4v) is 9.19. The number of rotatable bonds is 18. The molecule has 0 spiro atoms. The fraction of sp³-hybridized carbons (Fsp3) is 0.615. The van der Waals surface area contributed by atoms with Crippen molar-refractivity contribution >= 4 is 52.6 Å². The van der Waals surface area contributed by atoms with Gasteiger partial charge in [0, 0.05) is 54.8 Å². The van der Waals surface area contributed by atoms with Crippen LogP contribution < -0.4 is 26.6 Å². The average molecular weight is 793 g/mol. The van der Waals surface area contributed by atoms with Crippen molar-refractivity contribution in [2.24, 2.45) is 13.0 Å². The zero-order valence-electron chi connectivity index (χ0n) is 31.6. The molecule has 0 aromatic carbocycles. The number of nitrogens with zero attached hydrogens (tertiary/aromatic N) is 5. The Morgan fingerprint density at radius 1 is 0.945 bits per heavy atom. The van der Waals surface area contributed by atoms with Crippen LogP contribution in [0.2, 0.25) is 5.02 Å². The van der Waals surface area contributed by atoms with E-state index in [1.807, 2.05) is 24.0 Å². The number of halogens is 1. The number of unbranched alkanes of at least 4 members (excludes halogenated alkanes) is 5. The maximum Gasteiger partial charge on any atom is 0.315 e. The number of carbonyl (C=O) groups is 4. The molecule has 3 fully saturated rings. The summed E-state index contributed by atoms with van der Waals surface area (Å²) in [7, 11) is 1.99. The zero-order chi connectivity index (χ0) is 38.3. The van der Waals surface area contributed by atoms with Gasteiger partial charge in [-0.15, -0.1) is 11.3 Å². The summed E-state index contributed by atoms with van der Waals surface area (Å²) in [6, 6.07) is 1.99. The molecule has 2 aliphatic carbocycles. The molecule has 55 heavy (non-hydrogen) atoms. The molecule has 3 aromatic heterocycles. The molecular formula is C39H53ClN10O4S. The van der Waals surface area contributed by atoms with E-state index in [9.17, 15) is 19.2 Å². The Hall–Kier alpha value is -4.08. The van der Waals surface area contributed by atoms with Crippen LogP contribution in [0.3, 0.4) is 0 Å². The number of anilines is 1. The number of carbonyl (C=O) groups excluding carboxylic acids is 4. The summed E-state index contributed by atoms with van der Waals surface area (Å²) in [6.07, 6.45) is 18.9. The number of amides is 5. The highest BCUT2D eigenvalue weighted by molar-refractivity contribution is 7.14. The first-order valence-electron chi connectivity index (χ1n) is 20.0. The standard InChI is InChI=1S/C39H53ClN10O4S/c1-49-32(18-24-8-9-24)29(21-45-49)34-30(40)22-43-38(48-34)46-27-12-10-26(11-13-27)41-16-6-4-2-3-5-7-17-42-39(54)44-20-28-19-25-23-50(37(53)35(25)55-28)31-14-15-33(51)47-36(31)52/h19,21-22,24,26-27,31,41H,2-18,20,23H2,1H3,(H2,42,44,54)(H,43,46,48)(H,47,51,52). The number of imide groups is 1. The van der Waals surface area contributed by atoms with Crippen molar-refractivity contribution in [3.63, 3.8) is 0 Å². The van der Waals surface area contributed by atoms with Crippen LogP contribution in [0.5, 0.6) is 0 Å². The van der Waals surface area contributed by atoms with E-state index in [4.69, 9.17) is 16.6 Å². The molecule has 14 nitrogen and oxygen atoms in total. The SMILES string of the molecule is Cn1ncc(-c2nc(NC3CCC(NCCCCCCCCNC(=O)NCc4cc5c(s4)C(=O)N(C4CCC(=O)NC4=O)C5)CC3)ncc2Cl)c1CC1CC1. The first kappa shape index (κ1) is 39.2. The van der Waals surface area contributed by atoms with Crippen LogP contribution in [0.15, 0.2) is 18.5 Å². The Balaban J connectivity index is 0.698. The number of piperidine rings is 1. The molecule has 2 aliphatic heterocycles. The van der Waals surface area contributed by atoms with Crippen LogP contribution in [0.1, 0.15) is 116 Å². The summed E-state index contributed by atoms with van der Waals surface area (Å²) < 4.78 is 1.95. The molecular weight excluding hydrogens is 740 g/mol. The highest BCUT2D eigenvalue weighted by atomic mass is 35.5. The van der Waals surface area contributed by atoms with E-state index in [1.54, 1.807) is 11.1 Å². The Bertz CT molecular complexity index is 1850. The molecule has 1 saturated heterocycles. The molecule has 5 amide bonds.